The van der Waals surface area contributed by atoms with Crippen LogP contribution in [0.4, 0.5) is 0 Å². The third-order valence-electron chi connectivity index (χ3n) is 4.24. The van der Waals surface area contributed by atoms with Crippen molar-refractivity contribution >= 4 is 37.8 Å². The van der Waals surface area contributed by atoms with Gasteiger partial charge in [0.1, 0.15) is 0 Å². The van der Waals surface area contributed by atoms with Gasteiger partial charge in [-0.3, -0.25) is 4.79 Å². The number of methoxy groups -OCH3 is 1. The molecule has 0 saturated heterocycles. The van der Waals surface area contributed by atoms with Gasteiger partial charge in [-0.2, -0.15) is 0 Å². The molecule has 5 heteroatoms. The van der Waals surface area contributed by atoms with Crippen molar-refractivity contribution in [1.82, 2.24) is 0 Å². The average molecular weight is 486 g/mol. The highest BCUT2D eigenvalue weighted by molar-refractivity contribution is 9.10. The number of aliphatic hydroxyl groups excluding tert-OH is 1. The molecule has 142 valence electrons. The third-order valence-corrected chi connectivity index (χ3v) is 5.62. The minimum atomic E-state index is -0.616. The molecule has 0 aliphatic heterocycles. The lowest BCUT2D eigenvalue weighted by atomic mass is 9.85. The lowest BCUT2D eigenvalue weighted by Gasteiger charge is -2.23. The van der Waals surface area contributed by atoms with Crippen LogP contribution in [0.3, 0.4) is 0 Å². The zero-order chi connectivity index (χ0) is 20.0. The van der Waals surface area contributed by atoms with Crippen LogP contribution in [0, 0.1) is 0 Å². The summed E-state index contributed by atoms with van der Waals surface area (Å²) in [5, 5.41) is 9.15. The molecule has 0 bridgehead atoms. The molecule has 0 aromatic heterocycles. The van der Waals surface area contributed by atoms with Crippen molar-refractivity contribution in [1.29, 1.82) is 0 Å². The Hall–Kier alpha value is -1.17. The van der Waals surface area contributed by atoms with E-state index in [2.05, 4.69) is 31.9 Å². The summed E-state index contributed by atoms with van der Waals surface area (Å²) in [6.45, 7) is 7.90. The summed E-state index contributed by atoms with van der Waals surface area (Å²) in [7, 11) is 1.40. The first kappa shape index (κ1) is 22.9. The number of hydrogen-bond acceptors (Lipinski definition) is 3. The number of rotatable bonds is 4. The molecule has 3 nitrogen and oxygen atoms in total. The highest BCUT2D eigenvalue weighted by atomic mass is 79.9. The van der Waals surface area contributed by atoms with Crippen LogP contribution in [0.2, 0.25) is 0 Å². The van der Waals surface area contributed by atoms with E-state index in [9.17, 15) is 4.79 Å². The minimum absolute atomic E-state index is 0.162. The van der Waals surface area contributed by atoms with Crippen LogP contribution in [0.15, 0.2) is 57.5 Å². The van der Waals surface area contributed by atoms with Crippen LogP contribution in [0.1, 0.15) is 38.8 Å². The number of carbonyl (C=O) groups is 1. The lowest BCUT2D eigenvalue weighted by molar-refractivity contribution is -0.146. The van der Waals surface area contributed by atoms with E-state index in [1.165, 1.54) is 7.11 Å². The maximum atomic E-state index is 11.5. The Morgan fingerprint density at radius 2 is 1.35 bits per heavy atom. The summed E-state index contributed by atoms with van der Waals surface area (Å²) in [5.74, 6) is -0.232. The van der Waals surface area contributed by atoms with Crippen molar-refractivity contribution in [2.75, 3.05) is 13.7 Å². The van der Waals surface area contributed by atoms with Crippen LogP contribution in [-0.2, 0) is 20.4 Å². The molecule has 0 spiro atoms. The van der Waals surface area contributed by atoms with E-state index >= 15 is 0 Å². The molecule has 1 N–H and O–H groups in total. The van der Waals surface area contributed by atoms with Crippen LogP contribution >= 0.6 is 31.9 Å². The van der Waals surface area contributed by atoms with Gasteiger partial charge in [0, 0.05) is 14.4 Å². The first-order chi connectivity index (χ1) is 12.1. The van der Waals surface area contributed by atoms with Gasteiger partial charge >= 0.3 is 5.97 Å². The van der Waals surface area contributed by atoms with Crippen molar-refractivity contribution in [3.05, 3.63) is 68.6 Å². The van der Waals surface area contributed by atoms with Crippen molar-refractivity contribution in [3.63, 3.8) is 0 Å². The summed E-state index contributed by atoms with van der Waals surface area (Å²) in [4.78, 5) is 11.5. The molecule has 0 aliphatic rings. The second-order valence-electron chi connectivity index (χ2n) is 7.12. The van der Waals surface area contributed by atoms with Gasteiger partial charge in [-0.25, -0.2) is 0 Å². The number of esters is 1. The summed E-state index contributed by atoms with van der Waals surface area (Å²) in [6, 6.07) is 15.6. The molecule has 0 saturated carbocycles. The zero-order valence-electron chi connectivity index (χ0n) is 15.8. The van der Waals surface area contributed by atoms with E-state index in [0.29, 0.717) is 0 Å². The Kier molecular flexibility index (Phi) is 8.51. The fraction of sp³-hybridized carbons (Fsp3) is 0.381. The van der Waals surface area contributed by atoms with E-state index in [4.69, 9.17) is 9.84 Å². The molecule has 0 unspecified atom stereocenters. The largest absolute Gasteiger partial charge is 0.468 e. The van der Waals surface area contributed by atoms with Crippen molar-refractivity contribution in [2.45, 2.75) is 38.5 Å². The van der Waals surface area contributed by atoms with Crippen LogP contribution in [0.25, 0.3) is 0 Å². The minimum Gasteiger partial charge on any atom is -0.468 e. The Morgan fingerprint density at radius 3 is 1.73 bits per heavy atom. The van der Waals surface area contributed by atoms with E-state index in [0.717, 1.165) is 20.1 Å². The van der Waals surface area contributed by atoms with Crippen LogP contribution in [0.5, 0.6) is 0 Å². The average Bonchev–Trinajstić information content (AvgIpc) is 2.62. The highest BCUT2D eigenvalue weighted by Gasteiger charge is 2.32. The van der Waals surface area contributed by atoms with Gasteiger partial charge in [-0.05, 0) is 37.1 Å². The predicted octanol–water partition coefficient (Wildman–Crippen LogP) is 5.62. The molecule has 2 rings (SSSR count). The standard InChI is InChI=1S/C11H13BrO2.C10H13BrO/c1-11(2,10(13)14-3)8-6-4-5-7-9(8)12;1-10(2,7-12)8-5-3-4-6-9(8)11/h4-7H,1-3H3;3-6,12H,7H2,1-2H3. The van der Waals surface area contributed by atoms with Gasteiger partial charge < -0.3 is 9.84 Å². The fourth-order valence-corrected chi connectivity index (χ4v) is 4.03. The third kappa shape index (κ3) is 5.66. The van der Waals surface area contributed by atoms with Gasteiger partial charge in [0.05, 0.1) is 19.1 Å². The zero-order valence-corrected chi connectivity index (χ0v) is 19.0. The monoisotopic (exact) mass is 484 g/mol. The molecule has 0 radical (unpaired) electrons. The number of carbonyl (C=O) groups excluding carboxylic acids is 1. The van der Waals surface area contributed by atoms with Gasteiger partial charge in [0.15, 0.2) is 0 Å². The normalized spacial score (nSPS) is 11.4. The molecule has 0 atom stereocenters. The molecule has 2 aromatic carbocycles. The summed E-state index contributed by atoms with van der Waals surface area (Å²) >= 11 is 6.88. The molecule has 26 heavy (non-hydrogen) atoms. The molecular formula is C21H26Br2O3. The Labute approximate surface area is 173 Å². The van der Waals surface area contributed by atoms with Crippen LogP contribution in [-0.4, -0.2) is 24.8 Å². The SMILES string of the molecule is CC(C)(CO)c1ccccc1Br.COC(=O)C(C)(C)c1ccccc1Br. The number of ether oxygens (including phenoxy) is 1. The maximum absolute atomic E-state index is 11.5. The van der Waals surface area contributed by atoms with Gasteiger partial charge in [-0.15, -0.1) is 0 Å². The molecule has 2 aromatic rings. The Bertz CT molecular complexity index is 740. The maximum Gasteiger partial charge on any atom is 0.315 e. The van der Waals surface area contributed by atoms with E-state index in [1.54, 1.807) is 0 Å². The number of hydrogen-bond donors (Lipinski definition) is 1. The molecule has 0 heterocycles. The number of benzene rings is 2. The highest BCUT2D eigenvalue weighted by Crippen LogP contribution is 2.31. The second-order valence-corrected chi connectivity index (χ2v) is 8.83. The van der Waals surface area contributed by atoms with Crippen molar-refractivity contribution < 1.29 is 14.6 Å². The van der Waals surface area contributed by atoms with E-state index in [1.807, 2.05) is 76.2 Å². The van der Waals surface area contributed by atoms with Crippen molar-refractivity contribution in [3.8, 4) is 0 Å². The molecule has 0 fully saturated rings. The number of aliphatic hydroxyl groups is 1. The molecular weight excluding hydrogens is 460 g/mol. The topological polar surface area (TPSA) is 46.5 Å². The summed E-state index contributed by atoms with van der Waals surface area (Å²) < 4.78 is 6.75. The van der Waals surface area contributed by atoms with Gasteiger partial charge in [-0.1, -0.05) is 82.1 Å². The second kappa shape index (κ2) is 9.67. The molecule has 0 amide bonds. The van der Waals surface area contributed by atoms with Crippen molar-refractivity contribution in [2.24, 2.45) is 0 Å². The first-order valence-electron chi connectivity index (χ1n) is 8.27. The Morgan fingerprint density at radius 1 is 0.923 bits per heavy atom. The summed E-state index contributed by atoms with van der Waals surface area (Å²) in [5.41, 5.74) is 1.30. The van der Waals surface area contributed by atoms with Gasteiger partial charge in [0.25, 0.3) is 0 Å². The number of halogens is 2. The predicted molar refractivity (Wildman–Crippen MR) is 113 cm³/mol. The lowest BCUT2D eigenvalue weighted by Crippen LogP contribution is -2.30. The van der Waals surface area contributed by atoms with Crippen LogP contribution < -0.4 is 0 Å². The van der Waals surface area contributed by atoms with Gasteiger partial charge in [0.2, 0.25) is 0 Å². The van der Waals surface area contributed by atoms with E-state index < -0.39 is 5.41 Å². The fourth-order valence-electron chi connectivity index (χ4n) is 2.43. The Balaban J connectivity index is 0.000000263. The molecule has 0 aliphatic carbocycles. The van der Waals surface area contributed by atoms with E-state index in [-0.39, 0.29) is 18.0 Å². The smallest absolute Gasteiger partial charge is 0.315 e. The first-order valence-corrected chi connectivity index (χ1v) is 9.85. The quantitative estimate of drug-likeness (QED) is 0.571. The summed E-state index contributed by atoms with van der Waals surface area (Å²) in [6.07, 6.45) is 0.